The molecule has 0 spiro atoms. The Bertz CT molecular complexity index is 990. The van der Waals surface area contributed by atoms with Crippen LogP contribution in [0.15, 0.2) is 11.6 Å². The minimum Gasteiger partial charge on any atom is -0.481 e. The molecule has 0 aromatic carbocycles. The molecule has 5 rings (SSSR count). The number of carboxylic acids is 1. The number of methoxy groups -OCH3 is 1. The third-order valence-electron chi connectivity index (χ3n) is 13.6. The number of hydrogen-bond acceptors (Lipinski definition) is 5. The Hall–Kier alpha value is -0.950. The van der Waals surface area contributed by atoms with E-state index in [1.54, 1.807) is 7.11 Å². The van der Waals surface area contributed by atoms with Gasteiger partial charge in [0.05, 0.1) is 29.8 Å². The summed E-state index contributed by atoms with van der Waals surface area (Å²) >= 11 is 0. The molecule has 6 nitrogen and oxygen atoms in total. The summed E-state index contributed by atoms with van der Waals surface area (Å²) in [5, 5.41) is 44.9. The SMILES string of the molecule is CO[C@@H]1C=C2[C@@H]3[C@@H](C)[C@H](C)CC[C@]3(C(=O)O)CC[C@@]2(C)[C@@]2(C)[C@H]1[C@@]1(C)C[C@@H](O)[C@H](O)C(C)(C)[C@@H]1C[C@@H]2O. The summed E-state index contributed by atoms with van der Waals surface area (Å²) in [7, 11) is 1.73. The van der Waals surface area contributed by atoms with Gasteiger partial charge in [-0.25, -0.2) is 0 Å². The van der Waals surface area contributed by atoms with Crippen molar-refractivity contribution in [2.24, 2.45) is 56.7 Å². The van der Waals surface area contributed by atoms with Gasteiger partial charge < -0.3 is 25.2 Å². The van der Waals surface area contributed by atoms with Crippen molar-refractivity contribution < 1.29 is 30.0 Å². The third-order valence-corrected chi connectivity index (χ3v) is 13.6. The van der Waals surface area contributed by atoms with E-state index in [-0.39, 0.29) is 40.6 Å². The van der Waals surface area contributed by atoms with Gasteiger partial charge in [-0.05, 0) is 78.4 Å². The predicted octanol–water partition coefficient (Wildman–Crippen LogP) is 4.66. The van der Waals surface area contributed by atoms with E-state index in [4.69, 9.17) is 4.74 Å². The molecule has 0 amide bonds. The Morgan fingerprint density at radius 1 is 1.03 bits per heavy atom. The van der Waals surface area contributed by atoms with Crippen LogP contribution in [0.5, 0.6) is 0 Å². The molecule has 13 atom stereocenters. The number of fused-ring (bicyclic) bond motifs is 7. The van der Waals surface area contributed by atoms with E-state index in [2.05, 4.69) is 40.7 Å². The summed E-state index contributed by atoms with van der Waals surface area (Å²) in [5.74, 6) is -0.177. The number of aliphatic hydroxyl groups excluding tert-OH is 3. The van der Waals surface area contributed by atoms with Crippen molar-refractivity contribution in [2.45, 2.75) is 111 Å². The molecular weight excluding hydrogens is 468 g/mol. The van der Waals surface area contributed by atoms with Gasteiger partial charge in [0, 0.05) is 18.4 Å². The van der Waals surface area contributed by atoms with Gasteiger partial charge in [-0.2, -0.15) is 0 Å². The molecule has 5 aliphatic rings. The number of hydrogen-bond donors (Lipinski definition) is 4. The van der Waals surface area contributed by atoms with Gasteiger partial charge in [-0.1, -0.05) is 60.1 Å². The van der Waals surface area contributed by atoms with Crippen LogP contribution in [0.4, 0.5) is 0 Å². The van der Waals surface area contributed by atoms with Crippen molar-refractivity contribution in [3.63, 3.8) is 0 Å². The van der Waals surface area contributed by atoms with Crippen molar-refractivity contribution in [2.75, 3.05) is 7.11 Å². The van der Waals surface area contributed by atoms with Crippen molar-refractivity contribution in [1.29, 1.82) is 0 Å². The zero-order chi connectivity index (χ0) is 27.5. The topological polar surface area (TPSA) is 107 Å². The summed E-state index contributed by atoms with van der Waals surface area (Å²) in [6.45, 7) is 15.3. The normalized spacial score (nSPS) is 56.7. The fourth-order valence-electron chi connectivity index (χ4n) is 11.2. The van der Waals surface area contributed by atoms with E-state index >= 15 is 0 Å². The van der Waals surface area contributed by atoms with Crippen LogP contribution in [0.1, 0.15) is 87.0 Å². The summed E-state index contributed by atoms with van der Waals surface area (Å²) in [5.41, 5.74) is -1.46. The van der Waals surface area contributed by atoms with E-state index in [1.807, 2.05) is 13.8 Å². The molecular formula is C31H50O6. The Kier molecular flexibility index (Phi) is 6.18. The monoisotopic (exact) mass is 518 g/mol. The number of ether oxygens (including phenoxy) is 1. The molecule has 0 saturated heterocycles. The first kappa shape index (κ1) is 27.6. The van der Waals surface area contributed by atoms with Gasteiger partial charge in [0.1, 0.15) is 0 Å². The number of allylic oxidation sites excluding steroid dienone is 1. The average molecular weight is 519 g/mol. The number of aliphatic carboxylic acids is 1. The van der Waals surface area contributed by atoms with Crippen LogP contribution in [-0.4, -0.2) is 57.9 Å². The van der Waals surface area contributed by atoms with Crippen LogP contribution < -0.4 is 0 Å². The van der Waals surface area contributed by atoms with Gasteiger partial charge in [0.25, 0.3) is 0 Å². The summed E-state index contributed by atoms with van der Waals surface area (Å²) < 4.78 is 6.27. The van der Waals surface area contributed by atoms with Crippen molar-refractivity contribution in [3.8, 4) is 0 Å². The van der Waals surface area contributed by atoms with E-state index in [0.717, 1.165) is 12.8 Å². The molecule has 210 valence electrons. The van der Waals surface area contributed by atoms with Crippen LogP contribution in [-0.2, 0) is 9.53 Å². The fourth-order valence-corrected chi connectivity index (χ4v) is 11.2. The molecule has 0 bridgehead atoms. The maximum Gasteiger partial charge on any atom is 0.310 e. The second kappa shape index (κ2) is 8.28. The van der Waals surface area contributed by atoms with Gasteiger partial charge in [0.15, 0.2) is 0 Å². The highest BCUT2D eigenvalue weighted by molar-refractivity contribution is 5.76. The minimum atomic E-state index is -0.844. The predicted molar refractivity (Wildman–Crippen MR) is 142 cm³/mol. The molecule has 4 fully saturated rings. The summed E-state index contributed by atoms with van der Waals surface area (Å²) in [4.78, 5) is 12.9. The molecule has 4 N–H and O–H groups in total. The van der Waals surface area contributed by atoms with Crippen LogP contribution in [0, 0.1) is 56.7 Å². The highest BCUT2D eigenvalue weighted by Gasteiger charge is 2.74. The van der Waals surface area contributed by atoms with Crippen molar-refractivity contribution >= 4 is 5.97 Å². The largest absolute Gasteiger partial charge is 0.481 e. The molecule has 0 radical (unpaired) electrons. The fraction of sp³-hybridized carbons (Fsp3) is 0.903. The molecule has 0 aliphatic heterocycles. The van der Waals surface area contributed by atoms with Crippen LogP contribution >= 0.6 is 0 Å². The molecule has 6 heteroatoms. The second-order valence-corrected chi connectivity index (χ2v) is 15.1. The molecule has 0 heterocycles. The number of rotatable bonds is 2. The first-order valence-electron chi connectivity index (χ1n) is 14.6. The standard InChI is InChI=1S/C31H50O6/c1-16-9-10-31(26(35)36)12-11-29(6)18(23(31)17(16)2)13-20(37-8)24-28(5)15-19(32)25(34)27(3,4)21(28)14-22(33)30(24,29)7/h13,16-17,19-25,32-34H,9-12,14-15H2,1-8H3,(H,35,36)/t16-,17+,19-,20-,21+,22+,23+,24-,25+,28+,29-,30-,31+/m1/s1. The summed E-state index contributed by atoms with van der Waals surface area (Å²) in [6.07, 6.45) is 3.64. The lowest BCUT2D eigenvalue weighted by Crippen LogP contribution is -2.73. The van der Waals surface area contributed by atoms with Crippen LogP contribution in [0.3, 0.4) is 0 Å². The zero-order valence-electron chi connectivity index (χ0n) is 24.1. The summed E-state index contributed by atoms with van der Waals surface area (Å²) in [6, 6.07) is 0. The lowest BCUT2D eigenvalue weighted by Gasteiger charge is -2.73. The minimum absolute atomic E-state index is 0.0120. The first-order chi connectivity index (χ1) is 17.0. The third kappa shape index (κ3) is 3.16. The van der Waals surface area contributed by atoms with Crippen LogP contribution in [0.25, 0.3) is 0 Å². The Labute approximate surface area is 222 Å². The van der Waals surface area contributed by atoms with Crippen molar-refractivity contribution in [1.82, 2.24) is 0 Å². The average Bonchev–Trinajstić information content (AvgIpc) is 2.82. The highest BCUT2D eigenvalue weighted by Crippen LogP contribution is 2.76. The lowest BCUT2D eigenvalue weighted by atomic mass is 9.32. The van der Waals surface area contributed by atoms with E-state index in [1.165, 1.54) is 5.57 Å². The van der Waals surface area contributed by atoms with E-state index in [9.17, 15) is 25.2 Å². The van der Waals surface area contributed by atoms with Crippen molar-refractivity contribution in [3.05, 3.63) is 11.6 Å². The highest BCUT2D eigenvalue weighted by atomic mass is 16.5. The van der Waals surface area contributed by atoms with E-state index < -0.39 is 40.5 Å². The smallest absolute Gasteiger partial charge is 0.310 e. The lowest BCUT2D eigenvalue weighted by molar-refractivity contribution is -0.280. The maximum atomic E-state index is 12.9. The molecule has 0 aromatic rings. The van der Waals surface area contributed by atoms with Gasteiger partial charge in [-0.15, -0.1) is 0 Å². The Morgan fingerprint density at radius 3 is 2.27 bits per heavy atom. The molecule has 5 aliphatic carbocycles. The van der Waals surface area contributed by atoms with Crippen LogP contribution in [0.2, 0.25) is 0 Å². The Morgan fingerprint density at radius 2 is 1.68 bits per heavy atom. The van der Waals surface area contributed by atoms with Gasteiger partial charge in [0.2, 0.25) is 0 Å². The quantitative estimate of drug-likeness (QED) is 0.396. The second-order valence-electron chi connectivity index (χ2n) is 15.1. The molecule has 37 heavy (non-hydrogen) atoms. The molecule has 0 aromatic heterocycles. The number of carboxylic acid groups (broad SMARTS) is 1. The molecule has 0 unspecified atom stereocenters. The molecule has 4 saturated carbocycles. The zero-order valence-corrected chi connectivity index (χ0v) is 24.1. The maximum absolute atomic E-state index is 12.9. The number of carbonyl (C=O) groups is 1. The van der Waals surface area contributed by atoms with Gasteiger partial charge >= 0.3 is 5.97 Å². The number of aliphatic hydroxyl groups is 3. The van der Waals surface area contributed by atoms with E-state index in [0.29, 0.717) is 31.6 Å². The first-order valence-corrected chi connectivity index (χ1v) is 14.6. The Balaban J connectivity index is 1.73. The van der Waals surface area contributed by atoms with Gasteiger partial charge in [-0.3, -0.25) is 4.79 Å².